The van der Waals surface area contributed by atoms with Crippen molar-refractivity contribution in [3.8, 4) is 0 Å². The van der Waals surface area contributed by atoms with Gasteiger partial charge in [-0.1, -0.05) is 30.3 Å². The Hall–Kier alpha value is -2.40. The van der Waals surface area contributed by atoms with Gasteiger partial charge in [0.05, 0.1) is 18.4 Å². The number of ether oxygens (including phenoxy) is 1. The van der Waals surface area contributed by atoms with Gasteiger partial charge in [0.1, 0.15) is 0 Å². The molecule has 0 saturated heterocycles. The number of esters is 1. The highest BCUT2D eigenvalue weighted by Gasteiger charge is 2.26. The lowest BCUT2D eigenvalue weighted by atomic mass is 10.1. The molecule has 0 aliphatic heterocycles. The van der Waals surface area contributed by atoms with E-state index in [0.29, 0.717) is 22.3 Å². The largest absolute Gasteiger partial charge is 0.465 e. The van der Waals surface area contributed by atoms with Crippen LogP contribution in [0.5, 0.6) is 0 Å². The second kappa shape index (κ2) is 6.79. The number of hydrogen-bond acceptors (Lipinski definition) is 3. The quantitative estimate of drug-likeness (QED) is 0.653. The van der Waals surface area contributed by atoms with E-state index in [4.69, 9.17) is 17.0 Å². The summed E-state index contributed by atoms with van der Waals surface area (Å²) in [5.74, 6) is 0.234. The molecule has 1 saturated carbocycles. The lowest BCUT2D eigenvalue weighted by molar-refractivity contribution is 0.0602. The van der Waals surface area contributed by atoms with Crippen LogP contribution in [0.15, 0.2) is 48.5 Å². The number of anilines is 2. The van der Waals surface area contributed by atoms with Gasteiger partial charge in [-0.05, 0) is 54.7 Å². The Morgan fingerprint density at radius 1 is 1.04 bits per heavy atom. The van der Waals surface area contributed by atoms with Gasteiger partial charge in [0, 0.05) is 5.69 Å². The van der Waals surface area contributed by atoms with E-state index >= 15 is 0 Å². The molecule has 0 bridgehead atoms. The summed E-state index contributed by atoms with van der Waals surface area (Å²) in [7, 11) is 1.36. The van der Waals surface area contributed by atoms with E-state index in [-0.39, 0.29) is 0 Å². The van der Waals surface area contributed by atoms with Crippen LogP contribution >= 0.6 is 12.2 Å². The number of nitrogens with one attached hydrogen (secondary N) is 2. The van der Waals surface area contributed by atoms with Gasteiger partial charge in [-0.25, -0.2) is 4.79 Å². The van der Waals surface area contributed by atoms with E-state index in [2.05, 4.69) is 16.7 Å². The molecule has 23 heavy (non-hydrogen) atoms. The Kier molecular flexibility index (Phi) is 4.57. The minimum atomic E-state index is -0.394. The van der Waals surface area contributed by atoms with Crippen LogP contribution in [0.2, 0.25) is 0 Å². The molecule has 0 radical (unpaired) electrons. The van der Waals surface area contributed by atoms with E-state index in [9.17, 15) is 4.79 Å². The SMILES string of the molecule is COC(=O)c1ccccc1NC(=S)Nc1ccccc1C1CC1. The molecule has 0 spiro atoms. The van der Waals surface area contributed by atoms with Crippen LogP contribution in [-0.4, -0.2) is 18.2 Å². The molecule has 1 aliphatic rings. The minimum Gasteiger partial charge on any atom is -0.465 e. The average Bonchev–Trinajstić information content (AvgIpc) is 3.40. The Bertz CT molecular complexity index is 741. The van der Waals surface area contributed by atoms with Crippen molar-refractivity contribution in [2.45, 2.75) is 18.8 Å². The van der Waals surface area contributed by atoms with Gasteiger partial charge in [-0.15, -0.1) is 0 Å². The summed E-state index contributed by atoms with van der Waals surface area (Å²) in [6.45, 7) is 0. The van der Waals surface area contributed by atoms with Crippen LogP contribution in [-0.2, 0) is 4.74 Å². The summed E-state index contributed by atoms with van der Waals surface area (Å²) >= 11 is 5.39. The number of thiocarbonyl (C=S) groups is 1. The zero-order chi connectivity index (χ0) is 16.2. The van der Waals surface area contributed by atoms with Gasteiger partial charge in [-0.2, -0.15) is 0 Å². The molecule has 3 rings (SSSR count). The highest BCUT2D eigenvalue weighted by molar-refractivity contribution is 7.80. The number of para-hydroxylation sites is 2. The van der Waals surface area contributed by atoms with Crippen molar-refractivity contribution in [1.29, 1.82) is 0 Å². The Labute approximate surface area is 140 Å². The van der Waals surface area contributed by atoms with Crippen molar-refractivity contribution in [1.82, 2.24) is 0 Å². The van der Waals surface area contributed by atoms with Gasteiger partial charge in [-0.3, -0.25) is 0 Å². The average molecular weight is 326 g/mol. The molecule has 0 amide bonds. The van der Waals surface area contributed by atoms with E-state index in [1.807, 2.05) is 24.3 Å². The van der Waals surface area contributed by atoms with Crippen molar-refractivity contribution in [3.63, 3.8) is 0 Å². The van der Waals surface area contributed by atoms with Crippen LogP contribution in [0, 0.1) is 0 Å². The van der Waals surface area contributed by atoms with Crippen molar-refractivity contribution in [3.05, 3.63) is 59.7 Å². The second-order valence-corrected chi connectivity index (χ2v) is 5.89. The zero-order valence-corrected chi connectivity index (χ0v) is 13.7. The number of benzene rings is 2. The first kappa shape index (κ1) is 15.5. The molecule has 2 aromatic carbocycles. The predicted molar refractivity (Wildman–Crippen MR) is 96.0 cm³/mol. The van der Waals surface area contributed by atoms with Crippen molar-refractivity contribution >= 4 is 34.7 Å². The molecule has 1 fully saturated rings. The normalized spacial score (nSPS) is 13.3. The third kappa shape index (κ3) is 3.68. The van der Waals surface area contributed by atoms with E-state index < -0.39 is 5.97 Å². The maximum absolute atomic E-state index is 11.8. The molecular formula is C18H18N2O2S. The monoisotopic (exact) mass is 326 g/mol. The third-order valence-electron chi connectivity index (χ3n) is 3.81. The summed E-state index contributed by atoms with van der Waals surface area (Å²) in [6.07, 6.45) is 2.45. The predicted octanol–water partition coefficient (Wildman–Crippen LogP) is 4.16. The fraction of sp³-hybridized carbons (Fsp3) is 0.222. The van der Waals surface area contributed by atoms with Gasteiger partial charge in [0.25, 0.3) is 0 Å². The van der Waals surface area contributed by atoms with Crippen molar-refractivity contribution < 1.29 is 9.53 Å². The number of carbonyl (C=O) groups is 1. The number of methoxy groups -OCH3 is 1. The molecule has 5 heteroatoms. The highest BCUT2D eigenvalue weighted by Crippen LogP contribution is 2.43. The Morgan fingerprint density at radius 2 is 1.65 bits per heavy atom. The first-order chi connectivity index (χ1) is 11.2. The lowest BCUT2D eigenvalue weighted by Gasteiger charge is -2.15. The van der Waals surface area contributed by atoms with Crippen LogP contribution in [0.4, 0.5) is 11.4 Å². The maximum Gasteiger partial charge on any atom is 0.339 e. The molecule has 1 aliphatic carbocycles. The fourth-order valence-electron chi connectivity index (χ4n) is 2.52. The van der Waals surface area contributed by atoms with Gasteiger partial charge in [0.15, 0.2) is 5.11 Å². The smallest absolute Gasteiger partial charge is 0.339 e. The molecule has 2 N–H and O–H groups in total. The molecule has 0 atom stereocenters. The third-order valence-corrected chi connectivity index (χ3v) is 4.01. The first-order valence-electron chi connectivity index (χ1n) is 7.53. The summed E-state index contributed by atoms with van der Waals surface area (Å²) in [5.41, 5.74) is 3.39. The molecule has 2 aromatic rings. The number of hydrogen-bond donors (Lipinski definition) is 2. The number of carbonyl (C=O) groups excluding carboxylic acids is 1. The van der Waals surface area contributed by atoms with Crippen LogP contribution < -0.4 is 10.6 Å². The standard InChI is InChI=1S/C18H18N2O2S/c1-22-17(21)14-7-3-5-9-16(14)20-18(23)19-15-8-4-2-6-13(15)12-10-11-12/h2-9,12H,10-11H2,1H3,(H2,19,20,23). The fourth-order valence-corrected chi connectivity index (χ4v) is 2.74. The molecule has 0 aromatic heterocycles. The molecule has 118 valence electrons. The highest BCUT2D eigenvalue weighted by atomic mass is 32.1. The second-order valence-electron chi connectivity index (χ2n) is 5.48. The first-order valence-corrected chi connectivity index (χ1v) is 7.94. The van der Waals surface area contributed by atoms with Crippen LogP contribution in [0.1, 0.15) is 34.7 Å². The van der Waals surface area contributed by atoms with Gasteiger partial charge < -0.3 is 15.4 Å². The maximum atomic E-state index is 11.8. The van der Waals surface area contributed by atoms with Crippen LogP contribution in [0.25, 0.3) is 0 Å². The van der Waals surface area contributed by atoms with E-state index in [1.54, 1.807) is 18.2 Å². The summed E-state index contributed by atoms with van der Waals surface area (Å²) in [4.78, 5) is 11.8. The van der Waals surface area contributed by atoms with Gasteiger partial charge >= 0.3 is 5.97 Å². The summed E-state index contributed by atoms with van der Waals surface area (Å²) in [5, 5.41) is 6.77. The lowest BCUT2D eigenvalue weighted by Crippen LogP contribution is -2.21. The zero-order valence-electron chi connectivity index (χ0n) is 12.8. The van der Waals surface area contributed by atoms with Crippen molar-refractivity contribution in [2.24, 2.45) is 0 Å². The summed E-state index contributed by atoms with van der Waals surface area (Å²) in [6, 6.07) is 15.3. The van der Waals surface area contributed by atoms with Crippen LogP contribution in [0.3, 0.4) is 0 Å². The van der Waals surface area contributed by atoms with E-state index in [0.717, 1.165) is 5.69 Å². The molecular weight excluding hydrogens is 308 g/mol. The Balaban J connectivity index is 1.75. The van der Waals surface area contributed by atoms with Crippen molar-refractivity contribution in [2.75, 3.05) is 17.7 Å². The number of rotatable bonds is 4. The minimum absolute atomic E-state index is 0.394. The Morgan fingerprint density at radius 3 is 2.35 bits per heavy atom. The molecule has 0 heterocycles. The molecule has 0 unspecified atom stereocenters. The molecule has 4 nitrogen and oxygen atoms in total. The summed E-state index contributed by atoms with van der Waals surface area (Å²) < 4.78 is 4.79. The van der Waals surface area contributed by atoms with E-state index in [1.165, 1.54) is 25.5 Å². The van der Waals surface area contributed by atoms with Gasteiger partial charge in [0.2, 0.25) is 0 Å². The topological polar surface area (TPSA) is 50.4 Å².